The molecule has 1 saturated heterocycles. The molecule has 1 aromatic carbocycles. The minimum atomic E-state index is -0.171. The van der Waals surface area contributed by atoms with Crippen LogP contribution in [0.15, 0.2) is 30.6 Å². The first-order chi connectivity index (χ1) is 11.7. The molecule has 0 saturated carbocycles. The highest BCUT2D eigenvalue weighted by Gasteiger charge is 2.26. The number of anilines is 2. The monoisotopic (exact) mass is 328 g/mol. The van der Waals surface area contributed by atoms with Gasteiger partial charge in [-0.1, -0.05) is 6.07 Å². The van der Waals surface area contributed by atoms with Gasteiger partial charge in [-0.25, -0.2) is 14.4 Å². The van der Waals surface area contributed by atoms with E-state index in [-0.39, 0.29) is 18.5 Å². The molecule has 0 amide bonds. The molecule has 0 bridgehead atoms. The highest BCUT2D eigenvalue weighted by Crippen LogP contribution is 2.28. The van der Waals surface area contributed by atoms with Crippen LogP contribution < -0.4 is 9.80 Å². The Morgan fingerprint density at radius 2 is 2.00 bits per heavy atom. The lowest BCUT2D eigenvalue weighted by molar-refractivity contribution is 0.266. The molecule has 126 valence electrons. The Labute approximate surface area is 140 Å². The van der Waals surface area contributed by atoms with E-state index in [4.69, 9.17) is 0 Å². The fourth-order valence-electron chi connectivity index (χ4n) is 3.71. The van der Waals surface area contributed by atoms with Crippen molar-refractivity contribution >= 4 is 11.6 Å². The highest BCUT2D eigenvalue weighted by atomic mass is 19.1. The summed E-state index contributed by atoms with van der Waals surface area (Å²) in [4.78, 5) is 13.2. The first kappa shape index (κ1) is 15.3. The predicted octanol–water partition coefficient (Wildman–Crippen LogP) is 2.14. The molecule has 0 aliphatic carbocycles. The normalized spacial score (nSPS) is 20.3. The topological polar surface area (TPSA) is 52.5 Å². The van der Waals surface area contributed by atoms with E-state index in [9.17, 15) is 9.50 Å². The molecule has 24 heavy (non-hydrogen) atoms. The van der Waals surface area contributed by atoms with Crippen LogP contribution in [-0.4, -0.2) is 40.8 Å². The summed E-state index contributed by atoms with van der Waals surface area (Å²) in [5, 5.41) is 9.52. The summed E-state index contributed by atoms with van der Waals surface area (Å²) < 4.78 is 13.4. The molecular weight excluding hydrogens is 307 g/mol. The molecule has 4 rings (SSSR count). The van der Waals surface area contributed by atoms with Gasteiger partial charge in [0.1, 0.15) is 23.8 Å². The zero-order chi connectivity index (χ0) is 16.5. The van der Waals surface area contributed by atoms with E-state index in [1.165, 1.54) is 6.07 Å². The summed E-state index contributed by atoms with van der Waals surface area (Å²) in [5.74, 6) is 1.59. The molecule has 2 aliphatic rings. The van der Waals surface area contributed by atoms with Crippen LogP contribution in [0, 0.1) is 5.82 Å². The van der Waals surface area contributed by atoms with Gasteiger partial charge in [-0.15, -0.1) is 0 Å². The van der Waals surface area contributed by atoms with E-state index in [1.54, 1.807) is 12.4 Å². The maximum absolute atomic E-state index is 13.4. The zero-order valence-corrected chi connectivity index (χ0v) is 13.5. The molecule has 6 heteroatoms. The third kappa shape index (κ3) is 2.82. The summed E-state index contributed by atoms with van der Waals surface area (Å²) in [6, 6.07) is 7.17. The van der Waals surface area contributed by atoms with Gasteiger partial charge in [0.15, 0.2) is 0 Å². The number of hydrogen-bond acceptors (Lipinski definition) is 5. The number of aliphatic hydroxyl groups excluding tert-OH is 1. The van der Waals surface area contributed by atoms with Crippen molar-refractivity contribution in [1.29, 1.82) is 0 Å². The molecule has 1 unspecified atom stereocenters. The second-order valence-electron chi connectivity index (χ2n) is 6.49. The van der Waals surface area contributed by atoms with E-state index >= 15 is 0 Å². The minimum Gasteiger partial charge on any atom is -0.394 e. The van der Waals surface area contributed by atoms with Crippen LogP contribution in [-0.2, 0) is 13.0 Å². The highest BCUT2D eigenvalue weighted by molar-refractivity contribution is 5.53. The second-order valence-corrected chi connectivity index (χ2v) is 6.49. The van der Waals surface area contributed by atoms with Crippen molar-refractivity contribution in [1.82, 2.24) is 9.97 Å². The summed E-state index contributed by atoms with van der Waals surface area (Å²) >= 11 is 0. The van der Waals surface area contributed by atoms with Gasteiger partial charge >= 0.3 is 0 Å². The Bertz CT molecular complexity index is 739. The summed E-state index contributed by atoms with van der Waals surface area (Å²) in [5.41, 5.74) is 2.23. The third-order valence-electron chi connectivity index (χ3n) is 5.02. The van der Waals surface area contributed by atoms with Crippen molar-refractivity contribution in [2.45, 2.75) is 31.8 Å². The number of halogens is 1. The van der Waals surface area contributed by atoms with Crippen molar-refractivity contribution in [2.75, 3.05) is 29.5 Å². The number of aliphatic hydroxyl groups is 1. The predicted molar refractivity (Wildman–Crippen MR) is 90.6 cm³/mol. The number of aromatic nitrogens is 2. The molecule has 0 spiro atoms. The molecular formula is C18H21FN4O. The first-order valence-electron chi connectivity index (χ1n) is 8.46. The zero-order valence-electron chi connectivity index (χ0n) is 13.5. The van der Waals surface area contributed by atoms with Gasteiger partial charge in [-0.2, -0.15) is 0 Å². The van der Waals surface area contributed by atoms with Crippen molar-refractivity contribution in [3.63, 3.8) is 0 Å². The number of nitrogens with zero attached hydrogens (tertiary/aromatic N) is 4. The van der Waals surface area contributed by atoms with Crippen molar-refractivity contribution in [3.05, 3.63) is 47.5 Å². The first-order valence-corrected chi connectivity index (χ1v) is 8.46. The third-order valence-corrected chi connectivity index (χ3v) is 5.02. The van der Waals surface area contributed by atoms with Crippen LogP contribution >= 0.6 is 0 Å². The van der Waals surface area contributed by atoms with Gasteiger partial charge in [0.05, 0.1) is 12.6 Å². The quantitative estimate of drug-likeness (QED) is 0.935. The Balaban J connectivity index is 1.57. The molecule has 1 atom stereocenters. The largest absolute Gasteiger partial charge is 0.394 e. The van der Waals surface area contributed by atoms with Gasteiger partial charge in [0.25, 0.3) is 0 Å². The van der Waals surface area contributed by atoms with E-state index in [1.807, 2.05) is 12.1 Å². The number of fused-ring (bicyclic) bond motifs is 1. The fourth-order valence-corrected chi connectivity index (χ4v) is 3.71. The minimum absolute atomic E-state index is 0.151. The van der Waals surface area contributed by atoms with Crippen LogP contribution in [0.25, 0.3) is 0 Å². The van der Waals surface area contributed by atoms with Crippen LogP contribution in [0.5, 0.6) is 0 Å². The number of rotatable bonds is 3. The maximum atomic E-state index is 13.4. The fraction of sp³-hybridized carbons (Fsp3) is 0.444. The second kappa shape index (κ2) is 6.36. The van der Waals surface area contributed by atoms with Crippen LogP contribution in [0.2, 0.25) is 0 Å². The standard InChI is InChI=1S/C18H21FN4O/c19-15-4-3-14-10-22(7-5-13(14)8-15)17-9-18(21-12-20-17)23-6-1-2-16(23)11-24/h3-4,8-9,12,16,24H,1-2,5-7,10-11H2. The van der Waals surface area contributed by atoms with Crippen LogP contribution in [0.3, 0.4) is 0 Å². The van der Waals surface area contributed by atoms with Crippen molar-refractivity contribution in [2.24, 2.45) is 0 Å². The van der Waals surface area contributed by atoms with Gasteiger partial charge in [0, 0.05) is 25.7 Å². The molecule has 2 aliphatic heterocycles. The van der Waals surface area contributed by atoms with Crippen LogP contribution in [0.4, 0.5) is 16.0 Å². The molecule has 0 radical (unpaired) electrons. The summed E-state index contributed by atoms with van der Waals surface area (Å²) in [6.07, 6.45) is 4.48. The molecule has 1 fully saturated rings. The van der Waals surface area contributed by atoms with E-state index in [0.717, 1.165) is 61.7 Å². The lowest BCUT2D eigenvalue weighted by Gasteiger charge is -2.31. The van der Waals surface area contributed by atoms with Crippen molar-refractivity contribution in [3.8, 4) is 0 Å². The van der Waals surface area contributed by atoms with Gasteiger partial charge in [-0.3, -0.25) is 0 Å². The number of hydrogen-bond donors (Lipinski definition) is 1. The molecule has 3 heterocycles. The molecule has 5 nitrogen and oxygen atoms in total. The Morgan fingerprint density at radius 3 is 2.88 bits per heavy atom. The molecule has 1 aromatic heterocycles. The van der Waals surface area contributed by atoms with Crippen molar-refractivity contribution < 1.29 is 9.50 Å². The molecule has 2 aromatic rings. The average Bonchev–Trinajstić information content (AvgIpc) is 3.10. The van der Waals surface area contributed by atoms with Crippen LogP contribution in [0.1, 0.15) is 24.0 Å². The Kier molecular flexibility index (Phi) is 4.06. The lowest BCUT2D eigenvalue weighted by atomic mass is 10.00. The van der Waals surface area contributed by atoms with Gasteiger partial charge in [-0.05, 0) is 42.5 Å². The maximum Gasteiger partial charge on any atom is 0.134 e. The lowest BCUT2D eigenvalue weighted by Crippen LogP contribution is -2.34. The van der Waals surface area contributed by atoms with Gasteiger partial charge in [0.2, 0.25) is 0 Å². The molecule has 1 N–H and O–H groups in total. The summed E-state index contributed by atoms with van der Waals surface area (Å²) in [6.45, 7) is 2.62. The SMILES string of the molecule is OCC1CCCN1c1cc(N2CCc3cc(F)ccc3C2)ncn1. The average molecular weight is 328 g/mol. The van der Waals surface area contributed by atoms with Gasteiger partial charge < -0.3 is 14.9 Å². The van der Waals surface area contributed by atoms with E-state index in [2.05, 4.69) is 19.8 Å². The van der Waals surface area contributed by atoms with E-state index < -0.39 is 0 Å². The van der Waals surface area contributed by atoms with E-state index in [0.29, 0.717) is 0 Å². The Morgan fingerprint density at radius 1 is 1.12 bits per heavy atom. The smallest absolute Gasteiger partial charge is 0.134 e. The summed E-state index contributed by atoms with van der Waals surface area (Å²) in [7, 11) is 0. The number of benzene rings is 1. The Hall–Kier alpha value is -2.21.